The van der Waals surface area contributed by atoms with Crippen molar-refractivity contribution in [2.45, 2.75) is 36.4 Å². The summed E-state index contributed by atoms with van der Waals surface area (Å²) >= 11 is 1.62. The Labute approximate surface area is 196 Å². The number of amides is 3. The molecule has 0 aromatic heterocycles. The second-order valence-corrected chi connectivity index (χ2v) is 10.5. The van der Waals surface area contributed by atoms with Gasteiger partial charge in [-0.05, 0) is 37.6 Å². The van der Waals surface area contributed by atoms with Crippen molar-refractivity contribution in [3.8, 4) is 11.5 Å². The molecule has 0 unspecified atom stereocenters. The molecule has 2 N–H and O–H groups in total. The van der Waals surface area contributed by atoms with E-state index in [1.54, 1.807) is 40.9 Å². The number of hydrogen-bond acceptors (Lipinski definition) is 6. The number of anilines is 1. The Morgan fingerprint density at radius 2 is 1.88 bits per heavy atom. The SMILES string of the molecule is CC1(C)S[C@@H]2c3ccccc3C(=O)N2[C@H]1C(=O)NCCC(=O)Nc1ccc2c(c1)OCCO2. The van der Waals surface area contributed by atoms with E-state index in [4.69, 9.17) is 9.47 Å². The van der Waals surface area contributed by atoms with Crippen molar-refractivity contribution in [2.75, 3.05) is 25.1 Å². The van der Waals surface area contributed by atoms with E-state index in [-0.39, 0.29) is 36.1 Å². The molecule has 33 heavy (non-hydrogen) atoms. The number of carbonyl (C=O) groups excluding carboxylic acids is 3. The topological polar surface area (TPSA) is 97.0 Å². The lowest BCUT2D eigenvalue weighted by atomic mass is 10.0. The molecular formula is C24H25N3O5S. The number of carbonyl (C=O) groups is 3. The van der Waals surface area contributed by atoms with Crippen molar-refractivity contribution >= 4 is 35.2 Å². The maximum absolute atomic E-state index is 13.1. The third kappa shape index (κ3) is 3.90. The highest BCUT2D eigenvalue weighted by atomic mass is 32.2. The van der Waals surface area contributed by atoms with Crippen LogP contribution >= 0.6 is 11.8 Å². The summed E-state index contributed by atoms with van der Waals surface area (Å²) in [7, 11) is 0. The Morgan fingerprint density at radius 3 is 2.70 bits per heavy atom. The molecule has 1 fully saturated rings. The summed E-state index contributed by atoms with van der Waals surface area (Å²) < 4.78 is 10.6. The zero-order chi connectivity index (χ0) is 23.2. The molecule has 172 valence electrons. The van der Waals surface area contributed by atoms with Gasteiger partial charge in [0.15, 0.2) is 11.5 Å². The Bertz CT molecular complexity index is 1130. The lowest BCUT2D eigenvalue weighted by molar-refractivity contribution is -0.126. The van der Waals surface area contributed by atoms with Gasteiger partial charge in [-0.2, -0.15) is 0 Å². The Hall–Kier alpha value is -3.20. The molecule has 5 rings (SSSR count). The van der Waals surface area contributed by atoms with E-state index in [1.165, 1.54) is 0 Å². The minimum absolute atomic E-state index is 0.109. The van der Waals surface area contributed by atoms with Gasteiger partial charge in [0, 0.05) is 35.0 Å². The zero-order valence-corrected chi connectivity index (χ0v) is 19.2. The highest BCUT2D eigenvalue weighted by Gasteiger charge is 2.57. The molecule has 1 saturated heterocycles. The molecule has 3 aliphatic heterocycles. The Balaban J connectivity index is 1.19. The van der Waals surface area contributed by atoms with Crippen molar-refractivity contribution in [3.63, 3.8) is 0 Å². The molecule has 2 aromatic carbocycles. The second kappa shape index (κ2) is 8.30. The lowest BCUT2D eigenvalue weighted by Gasteiger charge is -2.29. The van der Waals surface area contributed by atoms with Crippen molar-refractivity contribution in [1.82, 2.24) is 10.2 Å². The molecule has 0 spiro atoms. The molecule has 0 aliphatic carbocycles. The van der Waals surface area contributed by atoms with Crippen LogP contribution in [0.4, 0.5) is 5.69 Å². The maximum atomic E-state index is 13.1. The van der Waals surface area contributed by atoms with Gasteiger partial charge in [0.1, 0.15) is 24.6 Å². The fourth-order valence-corrected chi connectivity index (χ4v) is 6.13. The summed E-state index contributed by atoms with van der Waals surface area (Å²) in [6.45, 7) is 5.10. The highest BCUT2D eigenvalue weighted by Crippen LogP contribution is 2.56. The van der Waals surface area contributed by atoms with Crippen LogP contribution in [0.5, 0.6) is 11.5 Å². The summed E-state index contributed by atoms with van der Waals surface area (Å²) in [5.41, 5.74) is 2.21. The number of rotatable bonds is 5. The van der Waals surface area contributed by atoms with Gasteiger partial charge in [0.2, 0.25) is 11.8 Å². The number of ether oxygens (including phenoxy) is 2. The fraction of sp³-hybridized carbons (Fsp3) is 0.375. The molecule has 2 aromatic rings. The largest absolute Gasteiger partial charge is 0.486 e. The molecular weight excluding hydrogens is 442 g/mol. The molecule has 2 atom stereocenters. The zero-order valence-electron chi connectivity index (χ0n) is 18.4. The lowest BCUT2D eigenvalue weighted by Crippen LogP contribution is -2.52. The van der Waals surface area contributed by atoms with Crippen LogP contribution in [-0.2, 0) is 9.59 Å². The Kier molecular flexibility index (Phi) is 5.44. The normalized spacial score (nSPS) is 21.9. The smallest absolute Gasteiger partial charge is 0.256 e. The van der Waals surface area contributed by atoms with Gasteiger partial charge in [0.05, 0.1) is 0 Å². The summed E-state index contributed by atoms with van der Waals surface area (Å²) in [5, 5.41) is 5.50. The maximum Gasteiger partial charge on any atom is 0.256 e. The van der Waals surface area contributed by atoms with E-state index in [1.807, 2.05) is 32.0 Å². The van der Waals surface area contributed by atoms with Gasteiger partial charge in [-0.3, -0.25) is 14.4 Å². The van der Waals surface area contributed by atoms with Crippen molar-refractivity contribution in [2.24, 2.45) is 0 Å². The van der Waals surface area contributed by atoms with E-state index in [2.05, 4.69) is 10.6 Å². The average Bonchev–Trinajstić information content (AvgIpc) is 3.22. The number of benzene rings is 2. The van der Waals surface area contributed by atoms with Crippen LogP contribution in [0.2, 0.25) is 0 Å². The van der Waals surface area contributed by atoms with E-state index < -0.39 is 10.8 Å². The predicted molar refractivity (Wildman–Crippen MR) is 124 cm³/mol. The van der Waals surface area contributed by atoms with Gasteiger partial charge in [-0.25, -0.2) is 0 Å². The van der Waals surface area contributed by atoms with Crippen LogP contribution in [0, 0.1) is 0 Å². The first kappa shape index (κ1) is 21.6. The molecule has 3 heterocycles. The van der Waals surface area contributed by atoms with Gasteiger partial charge in [-0.1, -0.05) is 18.2 Å². The third-order valence-corrected chi connectivity index (χ3v) is 7.56. The van der Waals surface area contributed by atoms with E-state index in [0.29, 0.717) is 36.0 Å². The summed E-state index contributed by atoms with van der Waals surface area (Å²) in [6, 6.07) is 12.1. The Morgan fingerprint density at radius 1 is 1.12 bits per heavy atom. The van der Waals surface area contributed by atoms with E-state index >= 15 is 0 Å². The summed E-state index contributed by atoms with van der Waals surface area (Å²) in [4.78, 5) is 40.2. The second-order valence-electron chi connectivity index (χ2n) is 8.72. The van der Waals surface area contributed by atoms with E-state index in [0.717, 1.165) is 5.56 Å². The first-order valence-corrected chi connectivity index (χ1v) is 11.8. The fourth-order valence-electron chi connectivity index (χ4n) is 4.55. The molecule has 0 saturated carbocycles. The van der Waals surface area contributed by atoms with Crippen LogP contribution in [0.1, 0.15) is 41.6 Å². The van der Waals surface area contributed by atoms with Gasteiger partial charge >= 0.3 is 0 Å². The molecule has 8 nitrogen and oxygen atoms in total. The first-order chi connectivity index (χ1) is 15.8. The molecule has 0 bridgehead atoms. The highest BCUT2D eigenvalue weighted by molar-refractivity contribution is 8.01. The average molecular weight is 468 g/mol. The number of nitrogens with zero attached hydrogens (tertiary/aromatic N) is 1. The number of nitrogens with one attached hydrogen (secondary N) is 2. The molecule has 3 amide bonds. The molecule has 0 radical (unpaired) electrons. The minimum Gasteiger partial charge on any atom is -0.486 e. The van der Waals surface area contributed by atoms with Crippen molar-refractivity contribution < 1.29 is 23.9 Å². The predicted octanol–water partition coefficient (Wildman–Crippen LogP) is 2.95. The van der Waals surface area contributed by atoms with Crippen LogP contribution in [0.3, 0.4) is 0 Å². The third-order valence-electron chi connectivity index (χ3n) is 6.02. The van der Waals surface area contributed by atoms with Crippen LogP contribution < -0.4 is 20.1 Å². The van der Waals surface area contributed by atoms with Gasteiger partial charge < -0.3 is 25.0 Å². The van der Waals surface area contributed by atoms with Crippen LogP contribution in [0.25, 0.3) is 0 Å². The monoisotopic (exact) mass is 467 g/mol. The number of fused-ring (bicyclic) bond motifs is 4. The molecule has 3 aliphatic rings. The van der Waals surface area contributed by atoms with Gasteiger partial charge in [0.25, 0.3) is 5.91 Å². The first-order valence-electron chi connectivity index (χ1n) is 10.9. The van der Waals surface area contributed by atoms with Crippen molar-refractivity contribution in [3.05, 3.63) is 53.6 Å². The minimum atomic E-state index is -0.617. The molecule has 9 heteroatoms. The quantitative estimate of drug-likeness (QED) is 0.702. The van der Waals surface area contributed by atoms with Gasteiger partial charge in [-0.15, -0.1) is 11.8 Å². The number of hydrogen-bond donors (Lipinski definition) is 2. The van der Waals surface area contributed by atoms with Crippen LogP contribution in [-0.4, -0.2) is 53.2 Å². The standard InChI is InChI=1S/C24H25N3O5S/c1-24(2)20(27-22(30)15-5-3-4-6-16(15)23(27)33-24)21(29)25-10-9-19(28)26-14-7-8-17-18(13-14)32-12-11-31-17/h3-8,13,20,23H,9-12H2,1-2H3,(H,25,29)(H,26,28)/t20-,23+/m0/s1. The summed E-state index contributed by atoms with van der Waals surface area (Å²) in [5.74, 6) is 0.655. The van der Waals surface area contributed by atoms with Crippen LogP contribution in [0.15, 0.2) is 42.5 Å². The summed E-state index contributed by atoms with van der Waals surface area (Å²) in [6.07, 6.45) is 0.109. The number of thioether (sulfide) groups is 1. The van der Waals surface area contributed by atoms with E-state index in [9.17, 15) is 14.4 Å². The van der Waals surface area contributed by atoms with Crippen molar-refractivity contribution in [1.29, 1.82) is 0 Å².